The van der Waals surface area contributed by atoms with Crippen molar-refractivity contribution in [2.75, 3.05) is 38.2 Å². The first kappa shape index (κ1) is 15.2. The Kier molecular flexibility index (Phi) is 5.03. The summed E-state index contributed by atoms with van der Waals surface area (Å²) in [5, 5.41) is 5.07. The Labute approximate surface area is 124 Å². The van der Waals surface area contributed by atoms with Gasteiger partial charge in [-0.3, -0.25) is 4.79 Å². The topological polar surface area (TPSA) is 70.7 Å². The molecule has 1 aliphatic heterocycles. The number of nitrogens with zero attached hydrogens (tertiary/aromatic N) is 1. The number of alkyl carbamates (subject to hydrolysis) is 1. The molecule has 0 unspecified atom stereocenters. The van der Waals surface area contributed by atoms with E-state index in [4.69, 9.17) is 4.74 Å². The molecule has 2 N–H and O–H groups in total. The van der Waals surface area contributed by atoms with E-state index >= 15 is 0 Å². The molecule has 2 amide bonds. The molecule has 1 saturated heterocycles. The average molecular weight is 291 g/mol. The van der Waals surface area contributed by atoms with Gasteiger partial charge in [0.25, 0.3) is 5.91 Å². The fourth-order valence-corrected chi connectivity index (χ4v) is 2.22. The maximum atomic E-state index is 11.4. The highest BCUT2D eigenvalue weighted by molar-refractivity contribution is 5.79. The molecule has 6 heteroatoms. The van der Waals surface area contributed by atoms with Crippen LogP contribution in [-0.2, 0) is 9.53 Å². The molecule has 1 heterocycles. The lowest BCUT2D eigenvalue weighted by Crippen LogP contribution is -2.51. The first-order chi connectivity index (χ1) is 10.1. The molecule has 0 radical (unpaired) electrons. The van der Waals surface area contributed by atoms with Gasteiger partial charge in [0.05, 0.1) is 0 Å². The average Bonchev–Trinajstić information content (AvgIpc) is 2.43. The van der Waals surface area contributed by atoms with Crippen LogP contribution in [0.5, 0.6) is 0 Å². The van der Waals surface area contributed by atoms with Gasteiger partial charge in [-0.05, 0) is 24.6 Å². The van der Waals surface area contributed by atoms with E-state index in [-0.39, 0.29) is 12.5 Å². The number of anilines is 1. The molecule has 21 heavy (non-hydrogen) atoms. The van der Waals surface area contributed by atoms with E-state index in [1.54, 1.807) is 0 Å². The fourth-order valence-electron chi connectivity index (χ4n) is 2.22. The molecule has 0 saturated carbocycles. The molecule has 2 rings (SSSR count). The Morgan fingerprint density at radius 2 is 2.14 bits per heavy atom. The lowest BCUT2D eigenvalue weighted by molar-refractivity contribution is -0.123. The normalized spacial score (nSPS) is 14.3. The number of amides is 2. The van der Waals surface area contributed by atoms with E-state index in [1.807, 2.05) is 6.07 Å². The maximum Gasteiger partial charge on any atom is 0.407 e. The zero-order valence-corrected chi connectivity index (χ0v) is 12.4. The summed E-state index contributed by atoms with van der Waals surface area (Å²) in [6.45, 7) is 4.22. The van der Waals surface area contributed by atoms with Crippen LogP contribution in [0.4, 0.5) is 10.5 Å². The van der Waals surface area contributed by atoms with Crippen LogP contribution < -0.4 is 15.5 Å². The number of likely N-dealkylation sites (N-methyl/N-ethyl adjacent to an activating group) is 1. The first-order valence-electron chi connectivity index (χ1n) is 7.01. The van der Waals surface area contributed by atoms with Gasteiger partial charge in [-0.1, -0.05) is 12.1 Å². The molecule has 1 aliphatic rings. The molecule has 0 aliphatic carbocycles. The summed E-state index contributed by atoms with van der Waals surface area (Å²) in [4.78, 5) is 24.6. The molecular weight excluding hydrogens is 270 g/mol. The minimum atomic E-state index is -0.549. The summed E-state index contributed by atoms with van der Waals surface area (Å²) in [6.07, 6.45) is -0.549. The van der Waals surface area contributed by atoms with Gasteiger partial charge in [-0.2, -0.15) is 0 Å². The van der Waals surface area contributed by atoms with Crippen LogP contribution in [0.25, 0.3) is 0 Å². The van der Waals surface area contributed by atoms with Crippen LogP contribution in [0.1, 0.15) is 5.56 Å². The van der Waals surface area contributed by atoms with Gasteiger partial charge < -0.3 is 20.3 Å². The number of rotatable bonds is 5. The Hall–Kier alpha value is -2.24. The molecule has 0 atom stereocenters. The van der Waals surface area contributed by atoms with Crippen LogP contribution in [-0.4, -0.2) is 45.3 Å². The van der Waals surface area contributed by atoms with Crippen LogP contribution >= 0.6 is 0 Å². The lowest BCUT2D eigenvalue weighted by Gasteiger charge is -2.41. The van der Waals surface area contributed by atoms with Crippen molar-refractivity contribution in [1.29, 1.82) is 0 Å². The number of ether oxygens (including phenoxy) is 1. The van der Waals surface area contributed by atoms with E-state index in [9.17, 15) is 9.59 Å². The number of nitrogens with one attached hydrogen (secondary N) is 2. The van der Waals surface area contributed by atoms with Gasteiger partial charge in [0.2, 0.25) is 0 Å². The Bertz CT molecular complexity index is 513. The van der Waals surface area contributed by atoms with Crippen molar-refractivity contribution in [2.24, 2.45) is 5.92 Å². The third-order valence-corrected chi connectivity index (χ3v) is 3.47. The van der Waals surface area contributed by atoms with Crippen LogP contribution in [0.2, 0.25) is 0 Å². The first-order valence-corrected chi connectivity index (χ1v) is 7.01. The number of hydrogen-bond acceptors (Lipinski definition) is 4. The second kappa shape index (κ2) is 6.97. The van der Waals surface area contributed by atoms with Crippen LogP contribution in [0, 0.1) is 12.8 Å². The number of benzene rings is 1. The molecule has 6 nitrogen and oxygen atoms in total. The number of carbonyl (C=O) groups is 2. The molecule has 1 aromatic rings. The quantitative estimate of drug-likeness (QED) is 0.846. The summed E-state index contributed by atoms with van der Waals surface area (Å²) >= 11 is 0. The zero-order valence-electron chi connectivity index (χ0n) is 12.4. The number of hydrogen-bond donors (Lipinski definition) is 2. The monoisotopic (exact) mass is 291 g/mol. The number of carbonyl (C=O) groups excluding carboxylic acids is 2. The van der Waals surface area contributed by atoms with E-state index in [0.717, 1.165) is 13.1 Å². The van der Waals surface area contributed by atoms with E-state index in [0.29, 0.717) is 12.5 Å². The Morgan fingerprint density at radius 3 is 2.81 bits per heavy atom. The van der Waals surface area contributed by atoms with Crippen molar-refractivity contribution in [3.8, 4) is 0 Å². The highest BCUT2D eigenvalue weighted by Crippen LogP contribution is 2.24. The summed E-state index contributed by atoms with van der Waals surface area (Å²) in [5.41, 5.74) is 2.46. The van der Waals surface area contributed by atoms with Crippen molar-refractivity contribution < 1.29 is 14.3 Å². The standard InChI is InChI=1S/C15H21N3O3/c1-11-4-3-5-13(6-11)18-8-12(9-18)7-17-15(20)21-10-14(19)16-2/h3-6,12H,7-10H2,1-2H3,(H,16,19)(H,17,20). The molecular formula is C15H21N3O3. The predicted octanol–water partition coefficient (Wildman–Crippen LogP) is 0.903. The van der Waals surface area contributed by atoms with Crippen LogP contribution in [0.3, 0.4) is 0 Å². The SMILES string of the molecule is CNC(=O)COC(=O)NCC1CN(c2cccc(C)c2)C1. The molecule has 1 fully saturated rings. The Morgan fingerprint density at radius 1 is 1.38 bits per heavy atom. The predicted molar refractivity (Wildman–Crippen MR) is 80.3 cm³/mol. The van der Waals surface area contributed by atoms with Crippen molar-refractivity contribution in [3.05, 3.63) is 29.8 Å². The van der Waals surface area contributed by atoms with Gasteiger partial charge in [0.1, 0.15) is 0 Å². The third kappa shape index (κ3) is 4.37. The van der Waals surface area contributed by atoms with Gasteiger partial charge >= 0.3 is 6.09 Å². The lowest BCUT2D eigenvalue weighted by atomic mass is 9.99. The van der Waals surface area contributed by atoms with Crippen molar-refractivity contribution in [2.45, 2.75) is 6.92 Å². The summed E-state index contributed by atoms with van der Waals surface area (Å²) in [6, 6.07) is 8.37. The summed E-state index contributed by atoms with van der Waals surface area (Å²) < 4.78 is 4.77. The minimum Gasteiger partial charge on any atom is -0.439 e. The second-order valence-corrected chi connectivity index (χ2v) is 5.24. The smallest absolute Gasteiger partial charge is 0.407 e. The fraction of sp³-hybridized carbons (Fsp3) is 0.467. The van der Waals surface area contributed by atoms with E-state index in [2.05, 4.69) is 40.7 Å². The molecule has 0 bridgehead atoms. The van der Waals surface area contributed by atoms with Gasteiger partial charge in [0, 0.05) is 38.3 Å². The zero-order chi connectivity index (χ0) is 15.2. The van der Waals surface area contributed by atoms with Crippen molar-refractivity contribution >= 4 is 17.7 Å². The third-order valence-electron chi connectivity index (χ3n) is 3.47. The highest BCUT2D eigenvalue weighted by atomic mass is 16.6. The molecule has 0 spiro atoms. The van der Waals surface area contributed by atoms with Gasteiger partial charge in [-0.25, -0.2) is 4.79 Å². The summed E-state index contributed by atoms with van der Waals surface area (Å²) in [7, 11) is 1.50. The molecule has 1 aromatic carbocycles. The van der Waals surface area contributed by atoms with Crippen LogP contribution in [0.15, 0.2) is 24.3 Å². The second-order valence-electron chi connectivity index (χ2n) is 5.24. The highest BCUT2D eigenvalue weighted by Gasteiger charge is 2.27. The van der Waals surface area contributed by atoms with Crippen molar-refractivity contribution in [3.63, 3.8) is 0 Å². The minimum absolute atomic E-state index is 0.248. The Balaban J connectivity index is 1.64. The van der Waals surface area contributed by atoms with E-state index in [1.165, 1.54) is 18.3 Å². The maximum absolute atomic E-state index is 11.4. The van der Waals surface area contributed by atoms with E-state index < -0.39 is 6.09 Å². The summed E-state index contributed by atoms with van der Waals surface area (Å²) in [5.74, 6) is 0.0949. The van der Waals surface area contributed by atoms with Gasteiger partial charge in [-0.15, -0.1) is 0 Å². The largest absolute Gasteiger partial charge is 0.439 e. The molecule has 0 aromatic heterocycles. The molecule has 114 valence electrons. The van der Waals surface area contributed by atoms with Gasteiger partial charge in [0.15, 0.2) is 6.61 Å². The van der Waals surface area contributed by atoms with Crippen molar-refractivity contribution in [1.82, 2.24) is 10.6 Å². The number of aryl methyl sites for hydroxylation is 1.